The summed E-state index contributed by atoms with van der Waals surface area (Å²) in [6.07, 6.45) is 1.26. The number of anilines is 2. The first-order valence-corrected chi connectivity index (χ1v) is 8.63. The molecular weight excluding hydrogens is 376 g/mol. The van der Waals surface area contributed by atoms with Crippen molar-refractivity contribution in [3.05, 3.63) is 69.3 Å². The van der Waals surface area contributed by atoms with Crippen LogP contribution < -0.4 is 15.1 Å². The smallest absolute Gasteiger partial charge is 0.335 e. The van der Waals surface area contributed by atoms with E-state index >= 15 is 0 Å². The van der Waals surface area contributed by atoms with Gasteiger partial charge in [-0.2, -0.15) is 0 Å². The number of rotatable bonds is 4. The lowest BCUT2D eigenvalue weighted by atomic mass is 10.0. The number of nitro benzene ring substituents is 1. The summed E-state index contributed by atoms with van der Waals surface area (Å²) in [5.41, 5.74) is 1.42. The molecule has 0 aliphatic carbocycles. The normalized spacial score (nSPS) is 15.5. The van der Waals surface area contributed by atoms with Crippen LogP contribution >= 0.6 is 0 Å². The van der Waals surface area contributed by atoms with Gasteiger partial charge in [0.1, 0.15) is 5.57 Å². The molecule has 2 aromatic rings. The van der Waals surface area contributed by atoms with E-state index in [2.05, 4.69) is 5.32 Å². The molecule has 148 valence electrons. The van der Waals surface area contributed by atoms with Crippen molar-refractivity contribution in [2.75, 3.05) is 23.9 Å². The molecule has 1 N–H and O–H groups in total. The summed E-state index contributed by atoms with van der Waals surface area (Å²) in [4.78, 5) is 50.9. The van der Waals surface area contributed by atoms with Gasteiger partial charge in [0.25, 0.3) is 17.5 Å². The minimum Gasteiger partial charge on any atom is -0.377 e. The van der Waals surface area contributed by atoms with Crippen LogP contribution in [0.1, 0.15) is 11.1 Å². The van der Waals surface area contributed by atoms with Gasteiger partial charge in [0, 0.05) is 37.5 Å². The van der Waals surface area contributed by atoms with Gasteiger partial charge >= 0.3 is 6.03 Å². The zero-order chi connectivity index (χ0) is 21.3. The molecule has 0 spiro atoms. The molecule has 2 aromatic carbocycles. The highest BCUT2D eigenvalue weighted by Crippen LogP contribution is 2.29. The van der Waals surface area contributed by atoms with Gasteiger partial charge in [-0.25, -0.2) is 9.69 Å². The van der Waals surface area contributed by atoms with Gasteiger partial charge in [-0.15, -0.1) is 0 Å². The Morgan fingerprint density at radius 1 is 1.10 bits per heavy atom. The fourth-order valence-electron chi connectivity index (χ4n) is 3.02. The first kappa shape index (κ1) is 19.7. The zero-order valence-corrected chi connectivity index (χ0v) is 16.0. The van der Waals surface area contributed by atoms with Gasteiger partial charge in [0.05, 0.1) is 10.6 Å². The highest BCUT2D eigenvalue weighted by molar-refractivity contribution is 6.39. The number of amides is 4. The zero-order valence-electron chi connectivity index (χ0n) is 16.0. The lowest BCUT2D eigenvalue weighted by Crippen LogP contribution is -2.54. The Bertz CT molecular complexity index is 1070. The number of para-hydroxylation sites is 1. The van der Waals surface area contributed by atoms with Crippen LogP contribution in [0.25, 0.3) is 6.08 Å². The van der Waals surface area contributed by atoms with Gasteiger partial charge in [0.15, 0.2) is 0 Å². The number of urea groups is 1. The SMILES string of the molecule is Cc1ccccc1N1C(=O)NC(=O)/C(=C/c2cc([N+](=O)[O-])ccc2N(C)C)C1=O. The number of carbonyl (C=O) groups is 3. The average Bonchev–Trinajstić information content (AvgIpc) is 2.66. The molecule has 0 bridgehead atoms. The molecule has 1 fully saturated rings. The molecule has 9 heteroatoms. The predicted octanol–water partition coefficient (Wildman–Crippen LogP) is 2.64. The Kier molecular flexibility index (Phi) is 5.14. The molecule has 9 nitrogen and oxygen atoms in total. The molecule has 0 saturated carbocycles. The van der Waals surface area contributed by atoms with Crippen LogP contribution in [-0.4, -0.2) is 36.9 Å². The summed E-state index contributed by atoms with van der Waals surface area (Å²) in [6.45, 7) is 1.74. The molecule has 0 radical (unpaired) electrons. The summed E-state index contributed by atoms with van der Waals surface area (Å²) in [7, 11) is 3.46. The van der Waals surface area contributed by atoms with Crippen molar-refractivity contribution in [1.82, 2.24) is 5.32 Å². The van der Waals surface area contributed by atoms with E-state index < -0.39 is 22.8 Å². The van der Waals surface area contributed by atoms with E-state index in [0.717, 1.165) is 4.90 Å². The van der Waals surface area contributed by atoms with E-state index in [1.165, 1.54) is 24.3 Å². The van der Waals surface area contributed by atoms with E-state index in [-0.39, 0.29) is 11.3 Å². The van der Waals surface area contributed by atoms with E-state index in [4.69, 9.17) is 0 Å². The largest absolute Gasteiger partial charge is 0.377 e. The van der Waals surface area contributed by atoms with Crippen LogP contribution in [0.5, 0.6) is 0 Å². The number of hydrogen-bond acceptors (Lipinski definition) is 6. The third-order valence-corrected chi connectivity index (χ3v) is 4.46. The number of nitrogens with zero attached hydrogens (tertiary/aromatic N) is 3. The molecule has 1 saturated heterocycles. The van der Waals surface area contributed by atoms with E-state index in [0.29, 0.717) is 22.5 Å². The number of carbonyl (C=O) groups excluding carboxylic acids is 3. The second kappa shape index (κ2) is 7.55. The van der Waals surface area contributed by atoms with Crippen molar-refractivity contribution in [2.24, 2.45) is 0 Å². The van der Waals surface area contributed by atoms with Crippen molar-refractivity contribution >= 4 is 41.0 Å². The summed E-state index contributed by atoms with van der Waals surface area (Å²) in [6, 6.07) is 10.1. The maximum absolute atomic E-state index is 13.0. The highest BCUT2D eigenvalue weighted by Gasteiger charge is 2.37. The fourth-order valence-corrected chi connectivity index (χ4v) is 3.02. The summed E-state index contributed by atoms with van der Waals surface area (Å²) in [5, 5.41) is 13.3. The molecule has 1 aliphatic heterocycles. The quantitative estimate of drug-likeness (QED) is 0.369. The lowest BCUT2D eigenvalue weighted by molar-refractivity contribution is -0.384. The third-order valence-electron chi connectivity index (χ3n) is 4.46. The topological polar surface area (TPSA) is 113 Å². The van der Waals surface area contributed by atoms with Crippen LogP contribution in [0.4, 0.5) is 21.9 Å². The first-order chi connectivity index (χ1) is 13.7. The Morgan fingerprint density at radius 2 is 1.79 bits per heavy atom. The average molecular weight is 394 g/mol. The molecule has 4 amide bonds. The molecule has 3 rings (SSSR count). The number of nitro groups is 1. The Labute approximate surface area is 166 Å². The molecule has 0 unspecified atom stereocenters. The van der Waals surface area contributed by atoms with Gasteiger partial charge in [-0.3, -0.25) is 25.0 Å². The van der Waals surface area contributed by atoms with Crippen molar-refractivity contribution in [3.8, 4) is 0 Å². The number of non-ortho nitro benzene ring substituents is 1. The van der Waals surface area contributed by atoms with E-state index in [9.17, 15) is 24.5 Å². The Hall–Kier alpha value is -4.01. The molecule has 1 heterocycles. The lowest BCUT2D eigenvalue weighted by Gasteiger charge is -2.27. The van der Waals surface area contributed by atoms with Crippen molar-refractivity contribution < 1.29 is 19.3 Å². The van der Waals surface area contributed by atoms with Gasteiger partial charge in [-0.1, -0.05) is 18.2 Å². The molecule has 29 heavy (non-hydrogen) atoms. The molecule has 0 aromatic heterocycles. The molecule has 1 aliphatic rings. The minimum absolute atomic E-state index is 0.182. The number of aryl methyl sites for hydroxylation is 1. The van der Waals surface area contributed by atoms with Crippen LogP contribution in [0, 0.1) is 17.0 Å². The third kappa shape index (κ3) is 3.70. The monoisotopic (exact) mass is 394 g/mol. The second-order valence-corrected chi connectivity index (χ2v) is 6.64. The van der Waals surface area contributed by atoms with E-state index in [1.54, 1.807) is 50.2 Å². The second-order valence-electron chi connectivity index (χ2n) is 6.64. The van der Waals surface area contributed by atoms with Crippen molar-refractivity contribution in [2.45, 2.75) is 6.92 Å². The number of imide groups is 2. The first-order valence-electron chi connectivity index (χ1n) is 8.63. The highest BCUT2D eigenvalue weighted by atomic mass is 16.6. The van der Waals surface area contributed by atoms with Crippen LogP contribution in [0.15, 0.2) is 48.0 Å². The van der Waals surface area contributed by atoms with Gasteiger partial charge in [0.2, 0.25) is 0 Å². The Balaban J connectivity index is 2.13. The molecular formula is C20H18N4O5. The predicted molar refractivity (Wildman–Crippen MR) is 108 cm³/mol. The van der Waals surface area contributed by atoms with Crippen LogP contribution in [0.2, 0.25) is 0 Å². The number of nitrogens with one attached hydrogen (secondary N) is 1. The van der Waals surface area contributed by atoms with Crippen molar-refractivity contribution in [3.63, 3.8) is 0 Å². The van der Waals surface area contributed by atoms with E-state index in [1.807, 2.05) is 0 Å². The standard InChI is InChI=1S/C20H18N4O5/c1-12-6-4-5-7-16(12)23-19(26)15(18(25)21-20(23)27)11-13-10-14(24(28)29)8-9-17(13)22(2)3/h4-11H,1-3H3,(H,21,25,27)/b15-11-. The van der Waals surface area contributed by atoms with Gasteiger partial charge < -0.3 is 4.90 Å². The number of hydrogen-bond donors (Lipinski definition) is 1. The van der Waals surface area contributed by atoms with Crippen LogP contribution in [-0.2, 0) is 9.59 Å². The number of benzene rings is 2. The maximum Gasteiger partial charge on any atom is 0.335 e. The van der Waals surface area contributed by atoms with Crippen LogP contribution in [0.3, 0.4) is 0 Å². The summed E-state index contributed by atoms with van der Waals surface area (Å²) in [5.74, 6) is -1.66. The number of barbiturate groups is 1. The van der Waals surface area contributed by atoms with Crippen molar-refractivity contribution in [1.29, 1.82) is 0 Å². The maximum atomic E-state index is 13.0. The fraction of sp³-hybridized carbons (Fsp3) is 0.150. The summed E-state index contributed by atoms with van der Waals surface area (Å²) >= 11 is 0. The Morgan fingerprint density at radius 3 is 2.41 bits per heavy atom. The molecule has 0 atom stereocenters. The summed E-state index contributed by atoms with van der Waals surface area (Å²) < 4.78 is 0. The minimum atomic E-state index is -0.860. The van der Waals surface area contributed by atoms with Gasteiger partial charge in [-0.05, 0) is 30.7 Å².